The molecule has 0 aliphatic heterocycles. The lowest BCUT2D eigenvalue weighted by Crippen LogP contribution is -1.86. The SMILES string of the molecule is Oc1ccc2ccccc2c1-c1c(O)ccc2ccccc12.Oc1ccc2ccccc2c1-c1c(O)ccc2ccccc12.c1cc(-c2ccncc2)ccn1.c1cc(-c2ccncc2)ccn1.c1ccc(-c2ccccc2)cc1. The van der Waals surface area contributed by atoms with Gasteiger partial charge in [0.2, 0.25) is 0 Å². The van der Waals surface area contributed by atoms with Crippen LogP contribution in [0.2, 0.25) is 0 Å². The highest BCUT2D eigenvalue weighted by Gasteiger charge is 2.18. The van der Waals surface area contributed by atoms with Gasteiger partial charge in [-0.3, -0.25) is 19.9 Å². The van der Waals surface area contributed by atoms with E-state index in [-0.39, 0.29) is 23.0 Å². The second kappa shape index (κ2) is 25.7. The van der Waals surface area contributed by atoms with Crippen molar-refractivity contribution in [3.8, 4) is 78.6 Å². The number of pyridine rings is 4. The summed E-state index contributed by atoms with van der Waals surface area (Å²) in [5, 5.41) is 49.6. The highest BCUT2D eigenvalue weighted by Crippen LogP contribution is 2.46. The minimum absolute atomic E-state index is 0.172. The molecule has 0 radical (unpaired) electrons. The lowest BCUT2D eigenvalue weighted by molar-refractivity contribution is 0.470. The molecule has 0 atom stereocenters. The molecule has 80 heavy (non-hydrogen) atoms. The quantitative estimate of drug-likeness (QED) is 0.134. The van der Waals surface area contributed by atoms with E-state index in [0.717, 1.165) is 43.1 Å². The fraction of sp³-hybridized carbons (Fsp3) is 0. The molecule has 0 unspecified atom stereocenters. The van der Waals surface area contributed by atoms with Crippen molar-refractivity contribution in [1.29, 1.82) is 0 Å². The van der Waals surface area contributed by atoms with Crippen LogP contribution in [-0.4, -0.2) is 40.4 Å². The van der Waals surface area contributed by atoms with Crippen LogP contribution in [0.1, 0.15) is 0 Å². The van der Waals surface area contributed by atoms with Gasteiger partial charge in [0.15, 0.2) is 0 Å². The van der Waals surface area contributed by atoms with Gasteiger partial charge in [0, 0.05) is 71.8 Å². The van der Waals surface area contributed by atoms with Crippen LogP contribution in [0.3, 0.4) is 0 Å². The van der Waals surface area contributed by atoms with E-state index in [9.17, 15) is 20.4 Å². The van der Waals surface area contributed by atoms with Gasteiger partial charge in [-0.25, -0.2) is 0 Å². The minimum Gasteiger partial charge on any atom is -0.507 e. The van der Waals surface area contributed by atoms with Crippen molar-refractivity contribution in [1.82, 2.24) is 19.9 Å². The van der Waals surface area contributed by atoms with Gasteiger partial charge in [-0.15, -0.1) is 0 Å². The Morgan fingerprint density at radius 2 is 0.362 bits per heavy atom. The molecule has 4 N–H and O–H groups in total. The second-order valence-corrected chi connectivity index (χ2v) is 18.4. The van der Waals surface area contributed by atoms with E-state index in [1.165, 1.54) is 33.4 Å². The van der Waals surface area contributed by atoms with Crippen molar-refractivity contribution >= 4 is 43.1 Å². The first-order valence-electron chi connectivity index (χ1n) is 26.0. The van der Waals surface area contributed by atoms with Gasteiger partial charge >= 0.3 is 0 Å². The maximum atomic E-state index is 10.4. The monoisotopic (exact) mass is 1040 g/mol. The molecule has 14 aromatic rings. The smallest absolute Gasteiger partial charge is 0.124 e. The van der Waals surface area contributed by atoms with Crippen LogP contribution in [0.25, 0.3) is 98.7 Å². The molecule has 0 saturated heterocycles. The first kappa shape index (κ1) is 52.5. The summed E-state index contributed by atoms with van der Waals surface area (Å²) in [4.78, 5) is 15.8. The number of aromatic nitrogens is 4. The Morgan fingerprint density at radius 1 is 0.175 bits per heavy atom. The van der Waals surface area contributed by atoms with Crippen molar-refractivity contribution in [3.63, 3.8) is 0 Å². The van der Waals surface area contributed by atoms with Crippen molar-refractivity contribution in [2.24, 2.45) is 0 Å². The zero-order valence-electron chi connectivity index (χ0n) is 43.4. The minimum atomic E-state index is 0.172. The summed E-state index contributed by atoms with van der Waals surface area (Å²) < 4.78 is 0. The van der Waals surface area contributed by atoms with Gasteiger partial charge in [-0.1, -0.05) is 182 Å². The predicted molar refractivity (Wildman–Crippen MR) is 327 cm³/mol. The van der Waals surface area contributed by atoms with Gasteiger partial charge in [0.1, 0.15) is 23.0 Å². The second-order valence-electron chi connectivity index (χ2n) is 18.4. The summed E-state index contributed by atoms with van der Waals surface area (Å²) in [5.74, 6) is 0.686. The summed E-state index contributed by atoms with van der Waals surface area (Å²) in [7, 11) is 0. The number of phenols is 4. The fourth-order valence-electron chi connectivity index (χ4n) is 9.53. The Labute approximate surface area is 464 Å². The molecule has 10 aromatic carbocycles. The summed E-state index contributed by atoms with van der Waals surface area (Å²) in [6.45, 7) is 0. The molecule has 386 valence electrons. The molecular weight excluding hydrogens is 985 g/mol. The number of nitrogens with zero attached hydrogens (tertiary/aromatic N) is 4. The van der Waals surface area contributed by atoms with Crippen LogP contribution in [0.5, 0.6) is 23.0 Å². The molecule has 0 aliphatic carbocycles. The van der Waals surface area contributed by atoms with E-state index in [2.05, 4.69) is 68.5 Å². The summed E-state index contributed by atoms with van der Waals surface area (Å²) in [5.41, 5.74) is 9.94. The summed E-state index contributed by atoms with van der Waals surface area (Å²) >= 11 is 0. The fourth-order valence-corrected chi connectivity index (χ4v) is 9.53. The van der Waals surface area contributed by atoms with Gasteiger partial charge in [0.05, 0.1) is 0 Å². The Hall–Kier alpha value is -11.0. The molecule has 0 fully saturated rings. The van der Waals surface area contributed by atoms with Crippen LogP contribution in [0.4, 0.5) is 0 Å². The van der Waals surface area contributed by atoms with E-state index >= 15 is 0 Å². The number of hydrogen-bond donors (Lipinski definition) is 4. The number of fused-ring (bicyclic) bond motifs is 4. The lowest BCUT2D eigenvalue weighted by atomic mass is 9.92. The molecule has 4 aromatic heterocycles. The maximum Gasteiger partial charge on any atom is 0.124 e. The van der Waals surface area contributed by atoms with E-state index < -0.39 is 0 Å². The molecule has 0 bridgehead atoms. The zero-order valence-corrected chi connectivity index (χ0v) is 43.4. The first-order chi connectivity index (χ1) is 39.4. The molecule has 0 aliphatic rings. The van der Waals surface area contributed by atoms with Crippen LogP contribution in [-0.2, 0) is 0 Å². The molecule has 8 nitrogen and oxygen atoms in total. The molecule has 14 rings (SSSR count). The molecule has 0 saturated carbocycles. The highest BCUT2D eigenvalue weighted by atomic mass is 16.3. The van der Waals surface area contributed by atoms with Crippen LogP contribution < -0.4 is 0 Å². The molecule has 0 spiro atoms. The van der Waals surface area contributed by atoms with E-state index in [1.807, 2.05) is 182 Å². The van der Waals surface area contributed by atoms with Crippen molar-refractivity contribution in [2.45, 2.75) is 0 Å². The number of rotatable bonds is 5. The topological polar surface area (TPSA) is 132 Å². The van der Waals surface area contributed by atoms with E-state index in [4.69, 9.17) is 0 Å². The number of phenolic OH excluding ortho intramolecular Hbond substituents is 4. The third kappa shape index (κ3) is 12.5. The number of hydrogen-bond acceptors (Lipinski definition) is 8. The van der Waals surface area contributed by atoms with E-state index in [1.54, 1.807) is 73.8 Å². The Kier molecular flexibility index (Phi) is 16.9. The standard InChI is InChI=1S/2C20H14O2.C12H10.2C10H8N2/c2*21-17-11-9-13-5-1-3-7-15(13)19(17)20-16-8-4-2-6-14(16)10-12-18(20)22;1-3-7-11(8-4-1)12-9-5-2-6-10-12;2*1-5-11-6-2-9(1)10-3-7-12-8-4-10/h2*1-12,21-22H;1-10H;2*1-8H. The largest absolute Gasteiger partial charge is 0.507 e. The summed E-state index contributed by atoms with van der Waals surface area (Å²) in [6, 6.07) is 82.4. The van der Waals surface area contributed by atoms with Gasteiger partial charge in [-0.05, 0) is 149 Å². The number of aromatic hydroxyl groups is 4. The Bertz CT molecular complexity index is 3650. The van der Waals surface area contributed by atoms with Crippen molar-refractivity contribution in [2.75, 3.05) is 0 Å². The van der Waals surface area contributed by atoms with Crippen LogP contribution in [0, 0.1) is 0 Å². The van der Waals surface area contributed by atoms with Gasteiger partial charge < -0.3 is 20.4 Å². The van der Waals surface area contributed by atoms with Gasteiger partial charge in [-0.2, -0.15) is 0 Å². The molecule has 0 amide bonds. The Balaban J connectivity index is 0.000000116. The lowest BCUT2D eigenvalue weighted by Gasteiger charge is -2.14. The van der Waals surface area contributed by atoms with Crippen LogP contribution >= 0.6 is 0 Å². The predicted octanol–water partition coefficient (Wildman–Crippen LogP) is 17.8. The normalized spacial score (nSPS) is 10.4. The summed E-state index contributed by atoms with van der Waals surface area (Å²) in [6.07, 6.45) is 14.3. The zero-order chi connectivity index (χ0) is 54.9. The first-order valence-corrected chi connectivity index (χ1v) is 26.0. The average Bonchev–Trinajstić information content (AvgIpc) is 3.63. The highest BCUT2D eigenvalue weighted by molar-refractivity contribution is 6.11. The third-order valence-corrected chi connectivity index (χ3v) is 13.4. The van der Waals surface area contributed by atoms with Crippen molar-refractivity contribution < 1.29 is 20.4 Å². The van der Waals surface area contributed by atoms with Gasteiger partial charge in [0.25, 0.3) is 0 Å². The van der Waals surface area contributed by atoms with Crippen molar-refractivity contribution in [3.05, 3.63) is 304 Å². The van der Waals surface area contributed by atoms with Crippen LogP contribution in [0.15, 0.2) is 304 Å². The maximum absolute atomic E-state index is 10.4. The third-order valence-electron chi connectivity index (χ3n) is 13.4. The average molecular weight is 1040 g/mol. The molecular formula is C72H54N4O4. The Morgan fingerprint density at radius 3 is 0.588 bits per heavy atom. The molecule has 4 heterocycles. The number of benzene rings is 10. The van der Waals surface area contributed by atoms with E-state index in [0.29, 0.717) is 22.3 Å². The molecule has 8 heteroatoms.